The van der Waals surface area contributed by atoms with Gasteiger partial charge in [-0.05, 0) is 26.7 Å². The largest absolute Gasteiger partial charge is 0.459 e. The van der Waals surface area contributed by atoms with Gasteiger partial charge in [0, 0.05) is 31.8 Å². The lowest BCUT2D eigenvalue weighted by Crippen LogP contribution is -2.44. The van der Waals surface area contributed by atoms with Crippen LogP contribution in [0.2, 0.25) is 0 Å². The van der Waals surface area contributed by atoms with Crippen LogP contribution in [-0.4, -0.2) is 46.4 Å². The molecule has 0 fully saturated rings. The van der Waals surface area contributed by atoms with Gasteiger partial charge in [-0.3, -0.25) is 9.59 Å². The Labute approximate surface area is 158 Å². The molecule has 0 saturated carbocycles. The van der Waals surface area contributed by atoms with Gasteiger partial charge in [-0.15, -0.1) is 11.3 Å². The van der Waals surface area contributed by atoms with E-state index in [2.05, 4.69) is 4.98 Å². The summed E-state index contributed by atoms with van der Waals surface area (Å²) in [7, 11) is 1.64. The minimum atomic E-state index is -0.599. The molecule has 0 aromatic carbocycles. The number of carbonyl (C=O) groups excluding carboxylic acids is 3. The number of esters is 1. The first-order valence-corrected chi connectivity index (χ1v) is 9.35. The standard InChI is InChI=1S/C18H28N2O5S/c1-11(2)14(20(7)17(23)25-18(4,5)6)8-15(22)16-19-13(10-26-16)9-24-12(3)21/h10-11,14H,8-9H2,1-7H3/t14-/m1/s1. The second kappa shape index (κ2) is 9.12. The number of nitrogens with zero attached hydrogens (tertiary/aromatic N) is 2. The summed E-state index contributed by atoms with van der Waals surface area (Å²) in [6.45, 7) is 10.7. The maximum atomic E-state index is 12.6. The Kier molecular flexibility index (Phi) is 7.74. The highest BCUT2D eigenvalue weighted by molar-refractivity contribution is 7.11. The molecule has 0 aliphatic carbocycles. The molecule has 26 heavy (non-hydrogen) atoms. The second-order valence-electron chi connectivity index (χ2n) is 7.45. The van der Waals surface area contributed by atoms with Crippen LogP contribution in [0.3, 0.4) is 0 Å². The Balaban J connectivity index is 2.79. The molecule has 146 valence electrons. The van der Waals surface area contributed by atoms with E-state index in [9.17, 15) is 14.4 Å². The summed E-state index contributed by atoms with van der Waals surface area (Å²) >= 11 is 1.21. The normalized spacial score (nSPS) is 12.6. The van der Waals surface area contributed by atoms with Gasteiger partial charge in [0.15, 0.2) is 10.8 Å². The molecule has 8 heteroatoms. The van der Waals surface area contributed by atoms with Gasteiger partial charge >= 0.3 is 12.1 Å². The van der Waals surface area contributed by atoms with Gasteiger partial charge in [-0.25, -0.2) is 9.78 Å². The zero-order chi connectivity index (χ0) is 20.1. The summed E-state index contributed by atoms with van der Waals surface area (Å²) in [6.07, 6.45) is -0.313. The van der Waals surface area contributed by atoms with Crippen LogP contribution in [0.15, 0.2) is 5.38 Å². The Bertz CT molecular complexity index is 648. The summed E-state index contributed by atoms with van der Waals surface area (Å²) in [5, 5.41) is 2.04. The highest BCUT2D eigenvalue weighted by Crippen LogP contribution is 2.21. The van der Waals surface area contributed by atoms with Crippen LogP contribution in [0.5, 0.6) is 0 Å². The molecule has 1 rings (SSSR count). The van der Waals surface area contributed by atoms with E-state index in [1.807, 2.05) is 13.8 Å². The first-order chi connectivity index (χ1) is 11.9. The molecule has 0 aliphatic rings. The lowest BCUT2D eigenvalue weighted by Gasteiger charge is -2.32. The van der Waals surface area contributed by atoms with Gasteiger partial charge in [-0.2, -0.15) is 0 Å². The van der Waals surface area contributed by atoms with Crippen molar-refractivity contribution in [3.63, 3.8) is 0 Å². The van der Waals surface area contributed by atoms with Crippen LogP contribution < -0.4 is 0 Å². The predicted molar refractivity (Wildman–Crippen MR) is 99.2 cm³/mol. The molecule has 1 heterocycles. The maximum Gasteiger partial charge on any atom is 0.410 e. The first-order valence-electron chi connectivity index (χ1n) is 8.47. The van der Waals surface area contributed by atoms with Crippen LogP contribution in [0.4, 0.5) is 4.79 Å². The average Bonchev–Trinajstić information content (AvgIpc) is 2.96. The fourth-order valence-electron chi connectivity index (χ4n) is 2.24. The number of ketones is 1. The van der Waals surface area contributed by atoms with Crippen molar-refractivity contribution in [3.8, 4) is 0 Å². The van der Waals surface area contributed by atoms with Gasteiger partial charge in [0.1, 0.15) is 12.2 Å². The number of amides is 1. The molecule has 0 saturated heterocycles. The van der Waals surface area contributed by atoms with Crippen molar-refractivity contribution in [2.75, 3.05) is 7.05 Å². The van der Waals surface area contributed by atoms with E-state index in [0.717, 1.165) is 0 Å². The third-order valence-electron chi connectivity index (χ3n) is 3.56. The number of rotatable bonds is 7. The van der Waals surface area contributed by atoms with E-state index in [4.69, 9.17) is 9.47 Å². The molecule has 7 nitrogen and oxygen atoms in total. The molecule has 0 N–H and O–H groups in total. The first kappa shape index (κ1) is 22.1. The zero-order valence-electron chi connectivity index (χ0n) is 16.5. The summed E-state index contributed by atoms with van der Waals surface area (Å²) in [4.78, 5) is 41.4. The third kappa shape index (κ3) is 7.11. The Morgan fingerprint density at radius 2 is 1.88 bits per heavy atom. The highest BCUT2D eigenvalue weighted by Gasteiger charge is 2.30. The third-order valence-corrected chi connectivity index (χ3v) is 4.49. The second-order valence-corrected chi connectivity index (χ2v) is 8.31. The Hall–Kier alpha value is -1.96. The quantitative estimate of drug-likeness (QED) is 0.527. The minimum absolute atomic E-state index is 0.0462. The molecule has 0 unspecified atom stereocenters. The lowest BCUT2D eigenvalue weighted by atomic mass is 9.97. The predicted octanol–water partition coefficient (Wildman–Crippen LogP) is 3.67. The van der Waals surface area contributed by atoms with Crippen molar-refractivity contribution >= 4 is 29.2 Å². The van der Waals surface area contributed by atoms with Gasteiger partial charge < -0.3 is 14.4 Å². The van der Waals surface area contributed by atoms with E-state index in [1.54, 1.807) is 33.2 Å². The Morgan fingerprint density at radius 3 is 2.38 bits per heavy atom. The smallest absolute Gasteiger partial charge is 0.410 e. The van der Waals surface area contributed by atoms with Crippen molar-refractivity contribution in [1.29, 1.82) is 0 Å². The summed E-state index contributed by atoms with van der Waals surface area (Å²) < 4.78 is 10.3. The van der Waals surface area contributed by atoms with Crippen LogP contribution in [0.25, 0.3) is 0 Å². The fraction of sp³-hybridized carbons (Fsp3) is 0.667. The number of aromatic nitrogens is 1. The minimum Gasteiger partial charge on any atom is -0.459 e. The van der Waals surface area contributed by atoms with Gasteiger partial charge in [0.2, 0.25) is 0 Å². The highest BCUT2D eigenvalue weighted by atomic mass is 32.1. The van der Waals surface area contributed by atoms with Gasteiger partial charge in [0.25, 0.3) is 0 Å². The molecule has 1 atom stereocenters. The van der Waals surface area contributed by atoms with Crippen molar-refractivity contribution in [2.24, 2.45) is 5.92 Å². The molecule has 0 radical (unpaired) electrons. The van der Waals surface area contributed by atoms with Crippen molar-refractivity contribution in [2.45, 2.75) is 66.2 Å². The van der Waals surface area contributed by atoms with Crippen LogP contribution in [-0.2, 0) is 20.9 Å². The molecule has 1 aromatic heterocycles. The SMILES string of the molecule is CC(=O)OCc1csc(C(=O)C[C@H](C(C)C)N(C)C(=O)OC(C)(C)C)n1. The van der Waals surface area contributed by atoms with Crippen LogP contribution in [0, 0.1) is 5.92 Å². The van der Waals surface area contributed by atoms with Crippen LogP contribution >= 0.6 is 11.3 Å². The molecular weight excluding hydrogens is 356 g/mol. The van der Waals surface area contributed by atoms with Crippen LogP contribution in [0.1, 0.15) is 63.5 Å². The monoisotopic (exact) mass is 384 g/mol. The lowest BCUT2D eigenvalue weighted by molar-refractivity contribution is -0.142. The molecule has 0 bridgehead atoms. The van der Waals surface area contributed by atoms with E-state index >= 15 is 0 Å². The molecular formula is C18H28N2O5S. The number of hydrogen-bond donors (Lipinski definition) is 0. The Morgan fingerprint density at radius 1 is 1.27 bits per heavy atom. The molecule has 0 aliphatic heterocycles. The number of carbonyl (C=O) groups is 3. The van der Waals surface area contributed by atoms with Gasteiger partial charge in [0.05, 0.1) is 5.69 Å². The summed E-state index contributed by atoms with van der Waals surface area (Å²) in [6, 6.07) is -0.307. The number of thiazole rings is 1. The van der Waals surface area contributed by atoms with Crippen molar-refractivity contribution < 1.29 is 23.9 Å². The van der Waals surface area contributed by atoms with Crippen molar-refractivity contribution in [1.82, 2.24) is 9.88 Å². The molecule has 1 aromatic rings. The molecule has 1 amide bonds. The number of ether oxygens (including phenoxy) is 2. The fourth-order valence-corrected chi connectivity index (χ4v) is 3.00. The van der Waals surface area contributed by atoms with E-state index in [-0.39, 0.29) is 30.8 Å². The zero-order valence-corrected chi connectivity index (χ0v) is 17.3. The molecule has 0 spiro atoms. The van der Waals surface area contributed by atoms with E-state index in [1.165, 1.54) is 23.2 Å². The van der Waals surface area contributed by atoms with E-state index in [0.29, 0.717) is 10.7 Å². The maximum absolute atomic E-state index is 12.6. The summed E-state index contributed by atoms with van der Waals surface area (Å²) in [5.41, 5.74) is -0.0622. The average molecular weight is 384 g/mol. The van der Waals surface area contributed by atoms with Crippen molar-refractivity contribution in [3.05, 3.63) is 16.1 Å². The number of Topliss-reactive ketones (excluding diaryl/α,β-unsaturated/α-hetero) is 1. The van der Waals surface area contributed by atoms with Gasteiger partial charge in [-0.1, -0.05) is 13.8 Å². The summed E-state index contributed by atoms with van der Waals surface area (Å²) in [5.74, 6) is -0.486. The number of hydrogen-bond acceptors (Lipinski definition) is 7. The van der Waals surface area contributed by atoms with E-state index < -0.39 is 17.7 Å². The topological polar surface area (TPSA) is 85.8 Å².